The normalized spacial score (nSPS) is 19.4. The maximum atomic E-state index is 13.5. The van der Waals surface area contributed by atoms with Crippen LogP contribution in [0, 0.1) is 0 Å². The number of carbonyl (C=O) groups excluding carboxylic acids is 2. The summed E-state index contributed by atoms with van der Waals surface area (Å²) in [5.41, 5.74) is 0. The van der Waals surface area contributed by atoms with Crippen molar-refractivity contribution < 1.29 is 49.3 Å². The molecule has 11 heteroatoms. The molecule has 11 nitrogen and oxygen atoms in total. The summed E-state index contributed by atoms with van der Waals surface area (Å²) in [6.45, 7) is 5.63. The number of hydrogen-bond acceptors (Lipinski definition) is 10. The average Bonchev–Trinajstić information content (AvgIpc) is 3.52. The third-order valence-corrected chi connectivity index (χ3v) is 14.7. The summed E-state index contributed by atoms with van der Waals surface area (Å²) in [6, 6.07) is -1.05. The third-order valence-electron chi connectivity index (χ3n) is 14.7. The van der Waals surface area contributed by atoms with Crippen LogP contribution in [0.2, 0.25) is 0 Å². The number of unbranched alkanes of at least 4 members (excludes halogenated alkanes) is 24. The van der Waals surface area contributed by atoms with E-state index in [-0.39, 0.29) is 19.4 Å². The fourth-order valence-corrected chi connectivity index (χ4v) is 9.53. The molecule has 0 aromatic rings. The number of esters is 1. The lowest BCUT2D eigenvalue weighted by atomic mass is 9.99. The Hall–Kier alpha value is -3.68. The molecule has 0 aromatic heterocycles. The maximum Gasteiger partial charge on any atom is 0.306 e. The molecule has 1 saturated heterocycles. The summed E-state index contributed by atoms with van der Waals surface area (Å²) in [5.74, 6) is -1.28. The number of rotatable bonds is 54. The second kappa shape index (κ2) is 56.8. The molecule has 0 bridgehead atoms. The van der Waals surface area contributed by atoms with Crippen LogP contribution in [0.15, 0.2) is 109 Å². The summed E-state index contributed by atoms with van der Waals surface area (Å²) in [4.78, 5) is 26.5. The van der Waals surface area contributed by atoms with Crippen LogP contribution >= 0.6 is 0 Å². The average molecular weight is 1130 g/mol. The zero-order valence-corrected chi connectivity index (χ0v) is 51.4. The minimum Gasteiger partial charge on any atom is -0.454 e. The molecule has 1 amide bonds. The number of allylic oxidation sites excluding steroid dienone is 17. The second-order valence-corrected chi connectivity index (χ2v) is 22.1. The van der Waals surface area contributed by atoms with Gasteiger partial charge in [-0.05, 0) is 96.3 Å². The van der Waals surface area contributed by atoms with E-state index in [0.29, 0.717) is 12.8 Å². The zero-order chi connectivity index (χ0) is 58.9. The number of ether oxygens (including phenoxy) is 3. The molecule has 0 saturated carbocycles. The van der Waals surface area contributed by atoms with E-state index >= 15 is 0 Å². The summed E-state index contributed by atoms with van der Waals surface area (Å²) < 4.78 is 17.5. The predicted molar refractivity (Wildman–Crippen MR) is 338 cm³/mol. The monoisotopic (exact) mass is 1130 g/mol. The minimum absolute atomic E-state index is 0.0123. The lowest BCUT2D eigenvalue weighted by Gasteiger charge is -2.41. The van der Waals surface area contributed by atoms with Crippen molar-refractivity contribution in [2.75, 3.05) is 13.2 Å². The molecule has 1 rings (SSSR count). The Kier molecular flexibility index (Phi) is 52.8. The van der Waals surface area contributed by atoms with Gasteiger partial charge in [0.25, 0.3) is 0 Å². The van der Waals surface area contributed by atoms with Crippen LogP contribution in [0.3, 0.4) is 0 Å². The first kappa shape index (κ1) is 75.3. The van der Waals surface area contributed by atoms with Gasteiger partial charge in [0.05, 0.1) is 25.4 Å². The van der Waals surface area contributed by atoms with Gasteiger partial charge in [-0.25, -0.2) is 0 Å². The molecule has 1 heterocycles. The maximum absolute atomic E-state index is 13.5. The second-order valence-electron chi connectivity index (χ2n) is 22.1. The summed E-state index contributed by atoms with van der Waals surface area (Å²) in [7, 11) is 0. The fourth-order valence-electron chi connectivity index (χ4n) is 9.53. The summed E-state index contributed by atoms with van der Waals surface area (Å²) >= 11 is 0. The third kappa shape index (κ3) is 44.5. The van der Waals surface area contributed by atoms with Crippen molar-refractivity contribution in [3.8, 4) is 0 Å². The van der Waals surface area contributed by atoms with Gasteiger partial charge in [-0.3, -0.25) is 9.59 Å². The van der Waals surface area contributed by atoms with E-state index in [1.54, 1.807) is 6.08 Å². The molecular weight excluding hydrogens is 1010 g/mol. The van der Waals surface area contributed by atoms with Gasteiger partial charge >= 0.3 is 5.97 Å². The van der Waals surface area contributed by atoms with Crippen molar-refractivity contribution in [1.29, 1.82) is 0 Å². The van der Waals surface area contributed by atoms with E-state index in [0.717, 1.165) is 116 Å². The minimum atomic E-state index is -1.64. The first-order valence-corrected chi connectivity index (χ1v) is 32.7. The van der Waals surface area contributed by atoms with Crippen molar-refractivity contribution >= 4 is 11.9 Å². The van der Waals surface area contributed by atoms with E-state index < -0.39 is 67.4 Å². The van der Waals surface area contributed by atoms with Crippen LogP contribution in [0.4, 0.5) is 0 Å². The smallest absolute Gasteiger partial charge is 0.306 e. The number of nitrogens with one attached hydrogen (secondary N) is 1. The Labute approximate surface area is 494 Å². The number of carbonyl (C=O) groups is 2. The van der Waals surface area contributed by atoms with Crippen LogP contribution < -0.4 is 5.32 Å². The van der Waals surface area contributed by atoms with Gasteiger partial charge in [0.1, 0.15) is 24.4 Å². The highest BCUT2D eigenvalue weighted by atomic mass is 16.7. The molecule has 81 heavy (non-hydrogen) atoms. The molecule has 0 aliphatic carbocycles. The van der Waals surface area contributed by atoms with Crippen LogP contribution in [-0.4, -0.2) is 99.6 Å². The summed E-state index contributed by atoms with van der Waals surface area (Å²) in [6.07, 6.45) is 67.1. The van der Waals surface area contributed by atoms with Gasteiger partial charge in [-0.1, -0.05) is 265 Å². The van der Waals surface area contributed by atoms with Crippen molar-refractivity contribution in [2.45, 2.75) is 307 Å². The highest BCUT2D eigenvalue weighted by Crippen LogP contribution is 2.26. The SMILES string of the molecule is CC/C=C\C/C=C\C/C=C\C/C=C\C/C=C\C/C=C\CCCCCCCCCC(O)C(=O)NC(COC1OC(CO)C(O)C(O)C1OC(=O)CC/C=C/C/C=C\CCCCCCCC)C(O)/C=C/CCCCCCCCCCCCC. The van der Waals surface area contributed by atoms with Gasteiger partial charge in [0.15, 0.2) is 12.4 Å². The Morgan fingerprint density at radius 1 is 0.494 bits per heavy atom. The highest BCUT2D eigenvalue weighted by molar-refractivity contribution is 5.80. The number of aliphatic hydroxyl groups excluding tert-OH is 5. The molecule has 0 radical (unpaired) electrons. The molecule has 8 unspecified atom stereocenters. The van der Waals surface area contributed by atoms with Crippen molar-refractivity contribution in [1.82, 2.24) is 5.32 Å². The first-order chi connectivity index (χ1) is 39.7. The van der Waals surface area contributed by atoms with E-state index in [9.17, 15) is 35.1 Å². The molecule has 0 spiro atoms. The summed E-state index contributed by atoms with van der Waals surface area (Å²) in [5, 5.41) is 57.0. The van der Waals surface area contributed by atoms with Crippen LogP contribution in [0.5, 0.6) is 0 Å². The van der Waals surface area contributed by atoms with Crippen LogP contribution in [-0.2, 0) is 23.8 Å². The lowest BCUT2D eigenvalue weighted by molar-refractivity contribution is -0.305. The van der Waals surface area contributed by atoms with Crippen LogP contribution in [0.1, 0.15) is 258 Å². The molecule has 1 aliphatic heterocycles. The van der Waals surface area contributed by atoms with E-state index in [1.807, 2.05) is 18.2 Å². The zero-order valence-electron chi connectivity index (χ0n) is 51.4. The Morgan fingerprint density at radius 2 is 0.889 bits per heavy atom. The first-order valence-electron chi connectivity index (χ1n) is 32.7. The van der Waals surface area contributed by atoms with Crippen molar-refractivity contribution in [3.63, 3.8) is 0 Å². The molecule has 0 aromatic carbocycles. The standard InChI is InChI=1S/C70H119NO10/c1-4-7-10-13-16-19-22-25-26-27-28-29-30-31-32-33-34-35-36-37-40-42-45-48-51-54-57-63(74)69(78)71-61(62(73)56-53-50-47-44-41-38-23-20-17-14-11-8-5-2)60-79-70-68(67(77)66(76)64(59-72)80-70)81-65(75)58-55-52-49-46-43-39-24-21-18-15-12-9-6-3/h7,10,16,19,25-26,28-29,31-32,34-35,39,43,49,52-53,56,61-64,66-68,70,72-74,76-77H,4-6,8-9,11-15,17-18,20-24,27,30,33,36-38,40-42,44-48,50-51,54-55,57-60H2,1-3H3,(H,71,78)/b10-7-,19-16-,26-25-,29-28-,32-31-,35-34-,43-39-,52-49+,56-53+. The van der Waals surface area contributed by atoms with E-state index in [4.69, 9.17) is 14.2 Å². The largest absolute Gasteiger partial charge is 0.454 e. The molecule has 1 aliphatic rings. The van der Waals surface area contributed by atoms with Crippen LogP contribution in [0.25, 0.3) is 0 Å². The molecular formula is C70H119NO10. The molecule has 1 fully saturated rings. The van der Waals surface area contributed by atoms with E-state index in [2.05, 4.69) is 111 Å². The number of amides is 1. The highest BCUT2D eigenvalue weighted by Gasteiger charge is 2.47. The van der Waals surface area contributed by atoms with Crippen molar-refractivity contribution in [3.05, 3.63) is 109 Å². The number of hydrogen-bond donors (Lipinski definition) is 6. The number of aliphatic hydroxyl groups is 5. The molecule has 464 valence electrons. The Morgan fingerprint density at radius 3 is 1.33 bits per heavy atom. The van der Waals surface area contributed by atoms with Gasteiger partial charge < -0.3 is 45.1 Å². The quantitative estimate of drug-likeness (QED) is 0.0195. The molecule has 8 atom stereocenters. The van der Waals surface area contributed by atoms with Gasteiger partial charge in [-0.2, -0.15) is 0 Å². The van der Waals surface area contributed by atoms with Gasteiger partial charge in [0, 0.05) is 6.42 Å². The fraction of sp³-hybridized carbons (Fsp3) is 0.714. The Bertz CT molecular complexity index is 1730. The van der Waals surface area contributed by atoms with Gasteiger partial charge in [0.2, 0.25) is 5.91 Å². The van der Waals surface area contributed by atoms with Gasteiger partial charge in [-0.15, -0.1) is 0 Å². The Balaban J connectivity index is 2.65. The van der Waals surface area contributed by atoms with Crippen molar-refractivity contribution in [2.24, 2.45) is 0 Å². The molecule has 6 N–H and O–H groups in total. The van der Waals surface area contributed by atoms with E-state index in [1.165, 1.54) is 96.3 Å². The lowest BCUT2D eigenvalue weighted by Crippen LogP contribution is -2.61. The predicted octanol–water partition coefficient (Wildman–Crippen LogP) is 16.1. The topological polar surface area (TPSA) is 175 Å².